The quantitative estimate of drug-likeness (QED) is 0.650. The van der Waals surface area contributed by atoms with Crippen molar-refractivity contribution in [1.29, 1.82) is 0 Å². The number of hydrogen-bond donors (Lipinski definition) is 1. The summed E-state index contributed by atoms with van der Waals surface area (Å²) in [5, 5.41) is 3.55. The van der Waals surface area contributed by atoms with Crippen molar-refractivity contribution in [2.75, 3.05) is 26.7 Å². The Balaban J connectivity index is 2.00. The van der Waals surface area contributed by atoms with E-state index in [0.29, 0.717) is 0 Å². The van der Waals surface area contributed by atoms with Crippen molar-refractivity contribution in [2.24, 2.45) is 11.8 Å². The highest BCUT2D eigenvalue weighted by Gasteiger charge is 2.32. The minimum absolute atomic E-state index is 0.734. The Morgan fingerprint density at radius 2 is 2.06 bits per heavy atom. The van der Waals surface area contributed by atoms with Crippen molar-refractivity contribution in [3.05, 3.63) is 0 Å². The molecular formula is C14H30N2. The molecule has 1 aliphatic carbocycles. The first-order chi connectivity index (χ1) is 7.67. The highest BCUT2D eigenvalue weighted by atomic mass is 15.1. The molecule has 2 nitrogen and oxygen atoms in total. The van der Waals surface area contributed by atoms with Crippen molar-refractivity contribution in [2.45, 2.75) is 52.5 Å². The molecule has 0 aromatic carbocycles. The van der Waals surface area contributed by atoms with Crippen LogP contribution < -0.4 is 5.32 Å². The largest absolute Gasteiger partial charge is 0.314 e. The van der Waals surface area contributed by atoms with Gasteiger partial charge in [-0.1, -0.05) is 20.8 Å². The first-order valence-corrected chi connectivity index (χ1v) is 7.09. The average Bonchev–Trinajstić information content (AvgIpc) is 2.93. The Morgan fingerprint density at radius 3 is 2.56 bits per heavy atom. The van der Waals surface area contributed by atoms with Gasteiger partial charge < -0.3 is 10.2 Å². The second-order valence-corrected chi connectivity index (χ2v) is 5.54. The maximum Gasteiger partial charge on any atom is 0.00647 e. The Bertz CT molecular complexity index is 182. The molecule has 16 heavy (non-hydrogen) atoms. The number of rotatable bonds is 9. The monoisotopic (exact) mass is 226 g/mol. The first kappa shape index (κ1) is 14.0. The summed E-state index contributed by atoms with van der Waals surface area (Å²) in [6, 6.07) is 0.734. The lowest BCUT2D eigenvalue weighted by atomic mass is 10.1. The lowest BCUT2D eigenvalue weighted by Gasteiger charge is -2.19. The Hall–Kier alpha value is -0.0800. The smallest absolute Gasteiger partial charge is 0.00647 e. The average molecular weight is 226 g/mol. The number of hydrogen-bond acceptors (Lipinski definition) is 2. The third-order valence-corrected chi connectivity index (χ3v) is 3.90. The van der Waals surface area contributed by atoms with Crippen molar-refractivity contribution in [3.63, 3.8) is 0 Å². The highest BCUT2D eigenvalue weighted by Crippen LogP contribution is 2.37. The molecule has 1 N–H and O–H groups in total. The first-order valence-electron chi connectivity index (χ1n) is 7.09. The van der Waals surface area contributed by atoms with Gasteiger partial charge in [0.1, 0.15) is 0 Å². The molecular weight excluding hydrogens is 196 g/mol. The van der Waals surface area contributed by atoms with E-state index in [1.807, 2.05) is 0 Å². The topological polar surface area (TPSA) is 15.3 Å². The predicted molar refractivity (Wildman–Crippen MR) is 71.8 cm³/mol. The lowest BCUT2D eigenvalue weighted by molar-refractivity contribution is 0.299. The second-order valence-electron chi connectivity index (χ2n) is 5.54. The van der Waals surface area contributed by atoms with Crippen LogP contribution in [-0.4, -0.2) is 37.6 Å². The summed E-state index contributed by atoms with van der Waals surface area (Å²) in [5.41, 5.74) is 0. The van der Waals surface area contributed by atoms with Crippen LogP contribution >= 0.6 is 0 Å². The van der Waals surface area contributed by atoms with Crippen LogP contribution in [0.4, 0.5) is 0 Å². The molecule has 1 fully saturated rings. The molecule has 0 aromatic heterocycles. The maximum atomic E-state index is 3.55. The van der Waals surface area contributed by atoms with E-state index in [0.717, 1.165) is 24.4 Å². The molecule has 96 valence electrons. The van der Waals surface area contributed by atoms with Gasteiger partial charge in [0.15, 0.2) is 0 Å². The van der Waals surface area contributed by atoms with Crippen LogP contribution in [-0.2, 0) is 0 Å². The van der Waals surface area contributed by atoms with Gasteiger partial charge in [-0.3, -0.25) is 0 Å². The van der Waals surface area contributed by atoms with Crippen molar-refractivity contribution in [1.82, 2.24) is 10.2 Å². The van der Waals surface area contributed by atoms with Gasteiger partial charge in [-0.15, -0.1) is 0 Å². The second kappa shape index (κ2) is 7.29. The highest BCUT2D eigenvalue weighted by molar-refractivity contribution is 4.84. The van der Waals surface area contributed by atoms with Crippen LogP contribution in [0.2, 0.25) is 0 Å². The van der Waals surface area contributed by atoms with E-state index in [1.54, 1.807) is 0 Å². The third kappa shape index (κ3) is 5.31. The van der Waals surface area contributed by atoms with Crippen LogP contribution in [0.1, 0.15) is 46.5 Å². The molecule has 1 rings (SSSR count). The number of nitrogens with one attached hydrogen (secondary N) is 1. The molecule has 0 heterocycles. The summed E-state index contributed by atoms with van der Waals surface area (Å²) in [6.45, 7) is 10.5. The van der Waals surface area contributed by atoms with Crippen molar-refractivity contribution in [3.8, 4) is 0 Å². The summed E-state index contributed by atoms with van der Waals surface area (Å²) >= 11 is 0. The zero-order chi connectivity index (χ0) is 12.0. The normalized spacial score (nSPS) is 26.1. The molecule has 0 aliphatic heterocycles. The summed E-state index contributed by atoms with van der Waals surface area (Å²) in [4.78, 5) is 2.52. The van der Waals surface area contributed by atoms with Gasteiger partial charge in [0.2, 0.25) is 0 Å². The van der Waals surface area contributed by atoms with Gasteiger partial charge in [-0.2, -0.15) is 0 Å². The molecule has 3 unspecified atom stereocenters. The van der Waals surface area contributed by atoms with Crippen LogP contribution in [0.25, 0.3) is 0 Å². The van der Waals surface area contributed by atoms with Crippen molar-refractivity contribution >= 4 is 0 Å². The molecule has 2 heteroatoms. The zero-order valence-electron chi connectivity index (χ0n) is 11.6. The molecule has 0 aromatic rings. The van der Waals surface area contributed by atoms with Gasteiger partial charge in [0, 0.05) is 12.6 Å². The molecule has 0 radical (unpaired) electrons. The molecule has 0 spiro atoms. The zero-order valence-corrected chi connectivity index (χ0v) is 11.6. The molecule has 1 saturated carbocycles. The Kier molecular flexibility index (Phi) is 6.37. The van der Waals surface area contributed by atoms with Crippen LogP contribution in [0.15, 0.2) is 0 Å². The Labute approximate surface area is 102 Å². The van der Waals surface area contributed by atoms with Gasteiger partial charge in [-0.05, 0) is 57.7 Å². The SMILES string of the molecule is CCNC(CC)CCCN(C)CC1CC1C. The summed E-state index contributed by atoms with van der Waals surface area (Å²) in [7, 11) is 2.28. The lowest BCUT2D eigenvalue weighted by Crippen LogP contribution is -2.30. The predicted octanol–water partition coefficient (Wildman–Crippen LogP) is 2.74. The fourth-order valence-electron chi connectivity index (χ4n) is 2.49. The number of nitrogens with zero attached hydrogens (tertiary/aromatic N) is 1. The van der Waals surface area contributed by atoms with Gasteiger partial charge >= 0.3 is 0 Å². The van der Waals surface area contributed by atoms with Gasteiger partial charge in [0.25, 0.3) is 0 Å². The van der Waals surface area contributed by atoms with Crippen LogP contribution in [0.5, 0.6) is 0 Å². The minimum Gasteiger partial charge on any atom is -0.314 e. The van der Waals surface area contributed by atoms with Gasteiger partial charge in [-0.25, -0.2) is 0 Å². The summed E-state index contributed by atoms with van der Waals surface area (Å²) in [6.07, 6.45) is 5.38. The van der Waals surface area contributed by atoms with E-state index in [2.05, 4.69) is 38.0 Å². The van der Waals surface area contributed by atoms with E-state index < -0.39 is 0 Å². The van der Waals surface area contributed by atoms with Gasteiger partial charge in [0.05, 0.1) is 0 Å². The van der Waals surface area contributed by atoms with Crippen molar-refractivity contribution < 1.29 is 0 Å². The van der Waals surface area contributed by atoms with E-state index in [1.165, 1.54) is 38.8 Å². The van der Waals surface area contributed by atoms with Crippen LogP contribution in [0, 0.1) is 11.8 Å². The van der Waals surface area contributed by atoms with E-state index in [-0.39, 0.29) is 0 Å². The minimum atomic E-state index is 0.734. The van der Waals surface area contributed by atoms with E-state index >= 15 is 0 Å². The summed E-state index contributed by atoms with van der Waals surface area (Å²) < 4.78 is 0. The fourth-order valence-corrected chi connectivity index (χ4v) is 2.49. The van der Waals surface area contributed by atoms with E-state index in [4.69, 9.17) is 0 Å². The molecule has 0 bridgehead atoms. The fraction of sp³-hybridized carbons (Fsp3) is 1.00. The molecule has 1 aliphatic rings. The third-order valence-electron chi connectivity index (χ3n) is 3.90. The summed E-state index contributed by atoms with van der Waals surface area (Å²) in [5.74, 6) is 1.99. The van der Waals surface area contributed by atoms with E-state index in [9.17, 15) is 0 Å². The maximum absolute atomic E-state index is 3.55. The van der Waals surface area contributed by atoms with Crippen LogP contribution in [0.3, 0.4) is 0 Å². The Morgan fingerprint density at radius 1 is 1.38 bits per heavy atom. The molecule has 3 atom stereocenters. The molecule has 0 saturated heterocycles. The molecule has 0 amide bonds. The standard InChI is InChI=1S/C14H30N2/c1-5-14(15-6-2)8-7-9-16(4)11-13-10-12(13)3/h12-15H,5-11H2,1-4H3.